The van der Waals surface area contributed by atoms with Crippen molar-refractivity contribution in [3.63, 3.8) is 0 Å². The van der Waals surface area contributed by atoms with Gasteiger partial charge in [0.1, 0.15) is 11.6 Å². The highest BCUT2D eigenvalue weighted by Gasteiger charge is 2.05. The Kier molecular flexibility index (Phi) is 5.31. The lowest BCUT2D eigenvalue weighted by Gasteiger charge is -2.06. The van der Waals surface area contributed by atoms with Crippen molar-refractivity contribution in [2.75, 3.05) is 0 Å². The van der Waals surface area contributed by atoms with Crippen molar-refractivity contribution < 1.29 is 13.5 Å². The van der Waals surface area contributed by atoms with E-state index < -0.39 is 11.6 Å². The van der Waals surface area contributed by atoms with Gasteiger partial charge < -0.3 is 4.74 Å². The Labute approximate surface area is 106 Å². The van der Waals surface area contributed by atoms with Crippen LogP contribution in [0.15, 0.2) is 42.5 Å². The monoisotopic (exact) mass is 250 g/mol. The van der Waals surface area contributed by atoms with Crippen molar-refractivity contribution in [2.45, 2.75) is 20.8 Å². The third kappa shape index (κ3) is 3.84. The normalized spacial score (nSPS) is 9.39. The zero-order valence-corrected chi connectivity index (χ0v) is 10.7. The molecule has 3 heteroatoms. The van der Waals surface area contributed by atoms with E-state index in [-0.39, 0.29) is 5.75 Å². The van der Waals surface area contributed by atoms with Crippen LogP contribution in [0, 0.1) is 18.6 Å². The summed E-state index contributed by atoms with van der Waals surface area (Å²) in [6, 6.07) is 10.4. The van der Waals surface area contributed by atoms with Gasteiger partial charge in [0.15, 0.2) is 11.6 Å². The number of hydrogen-bond donors (Lipinski definition) is 0. The van der Waals surface area contributed by atoms with Gasteiger partial charge in [0.05, 0.1) is 0 Å². The number of hydrogen-bond acceptors (Lipinski definition) is 1. The molecule has 0 radical (unpaired) electrons. The molecule has 0 saturated carbocycles. The van der Waals surface area contributed by atoms with Gasteiger partial charge >= 0.3 is 0 Å². The summed E-state index contributed by atoms with van der Waals surface area (Å²) < 4.78 is 31.2. The fourth-order valence-corrected chi connectivity index (χ4v) is 1.29. The Bertz CT molecular complexity index is 492. The Morgan fingerprint density at radius 2 is 1.50 bits per heavy atom. The maximum Gasteiger partial charge on any atom is 0.168 e. The van der Waals surface area contributed by atoms with Gasteiger partial charge in [-0.05, 0) is 31.2 Å². The molecule has 1 nitrogen and oxygen atoms in total. The van der Waals surface area contributed by atoms with E-state index in [4.69, 9.17) is 4.74 Å². The summed E-state index contributed by atoms with van der Waals surface area (Å²) >= 11 is 0. The molecule has 0 atom stereocenters. The molecular weight excluding hydrogens is 234 g/mol. The van der Waals surface area contributed by atoms with Crippen LogP contribution in [0.4, 0.5) is 8.78 Å². The van der Waals surface area contributed by atoms with Gasteiger partial charge in [-0.15, -0.1) is 0 Å². The lowest BCUT2D eigenvalue weighted by Crippen LogP contribution is -1.89. The van der Waals surface area contributed by atoms with Crippen molar-refractivity contribution in [3.05, 3.63) is 59.7 Å². The minimum Gasteiger partial charge on any atom is -0.454 e. The van der Waals surface area contributed by atoms with Gasteiger partial charge in [-0.1, -0.05) is 31.5 Å². The van der Waals surface area contributed by atoms with Crippen LogP contribution in [0.2, 0.25) is 0 Å². The molecule has 0 spiro atoms. The maximum atomic E-state index is 13.3. The van der Waals surface area contributed by atoms with Crippen LogP contribution < -0.4 is 4.74 Å². The van der Waals surface area contributed by atoms with Crippen LogP contribution >= 0.6 is 0 Å². The summed E-state index contributed by atoms with van der Waals surface area (Å²) in [6.45, 7) is 5.95. The Morgan fingerprint density at radius 3 is 2.06 bits per heavy atom. The van der Waals surface area contributed by atoms with Gasteiger partial charge in [-0.25, -0.2) is 8.78 Å². The van der Waals surface area contributed by atoms with E-state index in [9.17, 15) is 8.78 Å². The van der Waals surface area contributed by atoms with Crippen molar-refractivity contribution in [3.8, 4) is 11.5 Å². The molecule has 0 fully saturated rings. The third-order valence-electron chi connectivity index (χ3n) is 2.14. The molecule has 0 aliphatic carbocycles. The number of benzene rings is 2. The van der Waals surface area contributed by atoms with Gasteiger partial charge in [-0.3, -0.25) is 0 Å². The lowest BCUT2D eigenvalue weighted by molar-refractivity contribution is 0.437. The summed E-state index contributed by atoms with van der Waals surface area (Å²) in [4.78, 5) is 0. The molecule has 0 aliphatic heterocycles. The van der Waals surface area contributed by atoms with Crippen molar-refractivity contribution in [2.24, 2.45) is 0 Å². The molecule has 0 bridgehead atoms. The van der Waals surface area contributed by atoms with Crippen molar-refractivity contribution in [1.82, 2.24) is 0 Å². The molecule has 0 amide bonds. The molecule has 18 heavy (non-hydrogen) atoms. The first-order chi connectivity index (χ1) is 8.65. The van der Waals surface area contributed by atoms with Gasteiger partial charge in [0, 0.05) is 6.07 Å². The molecule has 2 aromatic rings. The SMILES string of the molecule is CC.Cc1ccc(Oc2ccc(F)cc2F)cc1. The maximum absolute atomic E-state index is 13.3. The van der Waals surface area contributed by atoms with Crippen LogP contribution in [0.1, 0.15) is 19.4 Å². The Hall–Kier alpha value is -1.90. The number of aryl methyl sites for hydroxylation is 1. The zero-order valence-electron chi connectivity index (χ0n) is 10.7. The second kappa shape index (κ2) is 6.74. The molecule has 0 N–H and O–H groups in total. The van der Waals surface area contributed by atoms with Gasteiger partial charge in [0.2, 0.25) is 0 Å². The standard InChI is InChI=1S/C13H10F2O.C2H6/c1-9-2-5-11(6-3-9)16-13-7-4-10(14)8-12(13)15;1-2/h2-8H,1H3;1-2H3. The average molecular weight is 250 g/mol. The molecule has 0 unspecified atom stereocenters. The summed E-state index contributed by atoms with van der Waals surface area (Å²) in [6.07, 6.45) is 0. The number of rotatable bonds is 2. The van der Waals surface area contributed by atoms with Gasteiger partial charge in [0.25, 0.3) is 0 Å². The molecular formula is C15H16F2O. The predicted octanol–water partition coefficient (Wildman–Crippen LogP) is 5.09. The number of halogens is 2. The van der Waals surface area contributed by atoms with Gasteiger partial charge in [-0.2, -0.15) is 0 Å². The molecule has 2 rings (SSSR count). The summed E-state index contributed by atoms with van der Waals surface area (Å²) in [7, 11) is 0. The second-order valence-electron chi connectivity index (χ2n) is 3.49. The van der Waals surface area contributed by atoms with Crippen LogP contribution in [-0.2, 0) is 0 Å². The molecule has 0 heterocycles. The van der Waals surface area contributed by atoms with Crippen LogP contribution in [0.5, 0.6) is 11.5 Å². The minimum atomic E-state index is -0.708. The predicted molar refractivity (Wildman–Crippen MR) is 69.0 cm³/mol. The fraction of sp³-hybridized carbons (Fsp3) is 0.200. The highest BCUT2D eigenvalue weighted by Crippen LogP contribution is 2.24. The Morgan fingerprint density at radius 1 is 0.889 bits per heavy atom. The van der Waals surface area contributed by atoms with E-state index in [0.717, 1.165) is 17.7 Å². The first-order valence-corrected chi connectivity index (χ1v) is 5.85. The smallest absolute Gasteiger partial charge is 0.168 e. The van der Waals surface area contributed by atoms with E-state index in [1.54, 1.807) is 12.1 Å². The van der Waals surface area contributed by atoms with Crippen molar-refractivity contribution >= 4 is 0 Å². The molecule has 96 valence electrons. The Balaban J connectivity index is 0.000000771. The number of ether oxygens (including phenoxy) is 1. The van der Waals surface area contributed by atoms with E-state index in [1.807, 2.05) is 32.9 Å². The van der Waals surface area contributed by atoms with E-state index >= 15 is 0 Å². The van der Waals surface area contributed by atoms with Crippen LogP contribution in [0.3, 0.4) is 0 Å². The summed E-state index contributed by atoms with van der Waals surface area (Å²) in [5.41, 5.74) is 1.09. The topological polar surface area (TPSA) is 9.23 Å². The van der Waals surface area contributed by atoms with E-state index in [1.165, 1.54) is 6.07 Å². The van der Waals surface area contributed by atoms with Crippen LogP contribution in [-0.4, -0.2) is 0 Å². The third-order valence-corrected chi connectivity index (χ3v) is 2.14. The summed E-state index contributed by atoms with van der Waals surface area (Å²) in [5.74, 6) is -0.782. The van der Waals surface area contributed by atoms with Crippen molar-refractivity contribution in [1.29, 1.82) is 0 Å². The highest BCUT2D eigenvalue weighted by molar-refractivity contribution is 5.33. The van der Waals surface area contributed by atoms with Crippen LogP contribution in [0.25, 0.3) is 0 Å². The molecule has 2 aromatic carbocycles. The average Bonchev–Trinajstić information content (AvgIpc) is 2.38. The minimum absolute atomic E-state index is 0.0188. The second-order valence-corrected chi connectivity index (χ2v) is 3.49. The lowest BCUT2D eigenvalue weighted by atomic mass is 10.2. The highest BCUT2D eigenvalue weighted by atomic mass is 19.1. The first-order valence-electron chi connectivity index (χ1n) is 5.85. The first kappa shape index (κ1) is 14.2. The van der Waals surface area contributed by atoms with E-state index in [0.29, 0.717) is 5.75 Å². The molecule has 0 aliphatic rings. The zero-order chi connectivity index (χ0) is 13.5. The van der Waals surface area contributed by atoms with E-state index in [2.05, 4.69) is 0 Å². The molecule has 0 saturated heterocycles. The fourth-order valence-electron chi connectivity index (χ4n) is 1.29. The largest absolute Gasteiger partial charge is 0.454 e. The molecule has 0 aromatic heterocycles. The summed E-state index contributed by atoms with van der Waals surface area (Å²) in [5, 5.41) is 0. The quantitative estimate of drug-likeness (QED) is 0.721.